The van der Waals surface area contributed by atoms with Gasteiger partial charge in [0.2, 0.25) is 29.5 Å². The van der Waals surface area contributed by atoms with Gasteiger partial charge in [0, 0.05) is 31.4 Å². The van der Waals surface area contributed by atoms with Crippen molar-refractivity contribution in [2.45, 2.75) is 89.9 Å². The van der Waals surface area contributed by atoms with Crippen LogP contribution in [0, 0.1) is 12.8 Å². The van der Waals surface area contributed by atoms with Gasteiger partial charge in [-0.05, 0) is 61.4 Å². The number of likely N-dealkylation sites (N-methyl/N-ethyl adjacent to an activating group) is 1. The van der Waals surface area contributed by atoms with Crippen molar-refractivity contribution in [2.24, 2.45) is 11.7 Å². The zero-order chi connectivity index (χ0) is 40.1. The molecule has 8 N–H and O–H groups in total. The fourth-order valence-electron chi connectivity index (χ4n) is 6.16. The van der Waals surface area contributed by atoms with Crippen molar-refractivity contribution in [1.82, 2.24) is 20.4 Å². The molecule has 2 aromatic rings. The van der Waals surface area contributed by atoms with Crippen LogP contribution in [0.15, 0.2) is 48.5 Å². The number of hydrogen-bond acceptors (Lipinski definition) is 8. The summed E-state index contributed by atoms with van der Waals surface area (Å²) in [5.74, 6) is -7.00. The minimum absolute atomic E-state index is 0.112. The third kappa shape index (κ3) is 12.0. The van der Waals surface area contributed by atoms with Gasteiger partial charge in [0.05, 0.1) is 12.8 Å². The van der Waals surface area contributed by atoms with Crippen LogP contribution in [-0.2, 0) is 40.0 Å². The minimum atomic E-state index is -1.64. The molecule has 0 saturated carbocycles. The van der Waals surface area contributed by atoms with Crippen LogP contribution >= 0.6 is 0 Å². The molecule has 1 aliphatic rings. The maximum atomic E-state index is 13.8. The molecule has 1 unspecified atom stereocenters. The Kier molecular flexibility index (Phi) is 15.5. The number of amides is 7. The van der Waals surface area contributed by atoms with Gasteiger partial charge < -0.3 is 47.0 Å². The predicted molar refractivity (Wildman–Crippen MR) is 197 cm³/mol. The number of likely N-dealkylation sites (tertiary alicyclic amines) is 1. The number of nitrogens with zero attached hydrogens (tertiary/aromatic N) is 2. The van der Waals surface area contributed by atoms with Gasteiger partial charge in [-0.2, -0.15) is 0 Å². The Labute approximate surface area is 313 Å². The van der Waals surface area contributed by atoms with Crippen molar-refractivity contribution in [3.63, 3.8) is 0 Å². The molecule has 17 nitrogen and oxygen atoms in total. The molecule has 0 bridgehead atoms. The molecule has 0 aromatic heterocycles. The van der Waals surface area contributed by atoms with Crippen LogP contribution in [0.4, 0.5) is 16.2 Å². The second kappa shape index (κ2) is 19.7. The summed E-state index contributed by atoms with van der Waals surface area (Å²) >= 11 is 0. The number of benzene rings is 2. The molecule has 1 saturated heterocycles. The van der Waals surface area contributed by atoms with Crippen molar-refractivity contribution in [2.75, 3.05) is 24.2 Å². The van der Waals surface area contributed by atoms with E-state index < -0.39 is 96.9 Å². The summed E-state index contributed by atoms with van der Waals surface area (Å²) in [6.45, 7) is 5.51. The van der Waals surface area contributed by atoms with E-state index in [0.717, 1.165) is 10.5 Å². The number of para-hydroxylation sites is 1. The van der Waals surface area contributed by atoms with Gasteiger partial charge in [-0.3, -0.25) is 33.6 Å². The molecule has 5 atom stereocenters. The summed E-state index contributed by atoms with van der Waals surface area (Å²) in [6.07, 6.45) is -0.794. The second-order valence-electron chi connectivity index (χ2n) is 13.3. The summed E-state index contributed by atoms with van der Waals surface area (Å²) in [7, 11) is 1.43. The molecular weight excluding hydrogens is 702 g/mol. The fraction of sp³-hybridized carbons (Fsp3) is 0.459. The summed E-state index contributed by atoms with van der Waals surface area (Å²) in [6, 6.07) is 8.17. The van der Waals surface area contributed by atoms with E-state index in [2.05, 4.69) is 21.3 Å². The van der Waals surface area contributed by atoms with Crippen LogP contribution in [0.3, 0.4) is 0 Å². The number of anilines is 2. The van der Waals surface area contributed by atoms with E-state index in [4.69, 9.17) is 5.73 Å². The second-order valence-corrected chi connectivity index (χ2v) is 13.3. The van der Waals surface area contributed by atoms with Crippen LogP contribution in [0.25, 0.3) is 0 Å². The first-order valence-corrected chi connectivity index (χ1v) is 17.6. The van der Waals surface area contributed by atoms with E-state index in [-0.39, 0.29) is 19.4 Å². The Hall–Kier alpha value is -6.00. The first kappa shape index (κ1) is 42.4. The summed E-state index contributed by atoms with van der Waals surface area (Å²) in [4.78, 5) is 104. The van der Waals surface area contributed by atoms with E-state index >= 15 is 0 Å². The molecule has 7 amide bonds. The standard InChI is InChI=1S/C37H49N7O10/c1-5-21(2)32(43(4)29(45)19-23-12-14-24(15-13-23)39-37(54)42-25-10-7-6-9-22(25)3)35(52)40-26(16-17-30(46)47)34(51)41-27(20-31(48)49)36(53)44-18-8-11-28(44)33(38)50/h6-7,9-10,12-15,21,26-28,32H,5,8,11,16-20H2,1-4H3,(H2,38,50)(H,40,52)(H,41,51)(H,46,47)(H,48,49)(H2,39,42,54)/t21?,26-,27-,28-,32-/m0/s1. The average Bonchev–Trinajstić information content (AvgIpc) is 3.61. The number of carboxylic acid groups (broad SMARTS) is 2. The van der Waals surface area contributed by atoms with Crippen molar-refractivity contribution in [3.8, 4) is 0 Å². The van der Waals surface area contributed by atoms with Crippen molar-refractivity contribution in [1.29, 1.82) is 0 Å². The fourth-order valence-corrected chi connectivity index (χ4v) is 6.16. The van der Waals surface area contributed by atoms with Gasteiger partial charge in [-0.25, -0.2) is 4.79 Å². The number of aryl methyl sites for hydroxylation is 1. The van der Waals surface area contributed by atoms with E-state index in [1.165, 1.54) is 11.9 Å². The Morgan fingerprint density at radius 3 is 2.15 bits per heavy atom. The third-order valence-electron chi connectivity index (χ3n) is 9.36. The Bertz CT molecular complexity index is 1720. The number of nitrogens with one attached hydrogen (secondary N) is 4. The van der Waals surface area contributed by atoms with Crippen LogP contribution in [0.1, 0.15) is 63.5 Å². The lowest BCUT2D eigenvalue weighted by Gasteiger charge is -2.33. The summed E-state index contributed by atoms with van der Waals surface area (Å²) in [5.41, 5.74) is 8.03. The number of rotatable bonds is 18. The topological polar surface area (TPSA) is 258 Å². The van der Waals surface area contributed by atoms with E-state index in [0.29, 0.717) is 29.8 Å². The number of urea groups is 1. The summed E-state index contributed by atoms with van der Waals surface area (Å²) < 4.78 is 0. The highest BCUT2D eigenvalue weighted by molar-refractivity contribution is 6.00. The lowest BCUT2D eigenvalue weighted by Crippen LogP contribution is -2.59. The zero-order valence-electron chi connectivity index (χ0n) is 30.8. The largest absolute Gasteiger partial charge is 0.481 e. The smallest absolute Gasteiger partial charge is 0.323 e. The Balaban J connectivity index is 1.73. The molecular formula is C37H49N7O10. The Morgan fingerprint density at radius 1 is 0.907 bits per heavy atom. The number of aliphatic carboxylic acids is 2. The van der Waals surface area contributed by atoms with Crippen molar-refractivity contribution in [3.05, 3.63) is 59.7 Å². The van der Waals surface area contributed by atoms with Gasteiger partial charge in [0.15, 0.2) is 0 Å². The first-order chi connectivity index (χ1) is 25.5. The highest BCUT2D eigenvalue weighted by Gasteiger charge is 2.39. The number of carboxylic acids is 2. The SMILES string of the molecule is CCC(C)[C@@H](C(=O)N[C@@H](CCC(=O)O)C(=O)N[C@@H](CC(=O)O)C(=O)N1CCC[C@H]1C(N)=O)N(C)C(=O)Cc1ccc(NC(=O)Nc2ccccc2C)cc1. The highest BCUT2D eigenvalue weighted by Crippen LogP contribution is 2.21. The van der Waals surface area contributed by atoms with E-state index in [1.807, 2.05) is 19.1 Å². The van der Waals surface area contributed by atoms with Gasteiger partial charge in [-0.1, -0.05) is 50.6 Å². The number of primary amides is 1. The maximum Gasteiger partial charge on any atom is 0.323 e. The number of nitrogens with two attached hydrogens (primary N) is 1. The lowest BCUT2D eigenvalue weighted by molar-refractivity contribution is -0.146. The maximum absolute atomic E-state index is 13.8. The molecule has 0 spiro atoms. The molecule has 17 heteroatoms. The predicted octanol–water partition coefficient (Wildman–Crippen LogP) is 1.84. The molecule has 1 aliphatic heterocycles. The van der Waals surface area contributed by atoms with Crippen LogP contribution in [-0.4, -0.2) is 105 Å². The molecule has 292 valence electrons. The van der Waals surface area contributed by atoms with Crippen LogP contribution in [0.2, 0.25) is 0 Å². The Morgan fingerprint density at radius 2 is 1.56 bits per heavy atom. The quantitative estimate of drug-likeness (QED) is 0.116. The van der Waals surface area contributed by atoms with Crippen LogP contribution < -0.4 is 27.0 Å². The van der Waals surface area contributed by atoms with E-state index in [9.17, 15) is 48.6 Å². The van der Waals surface area contributed by atoms with Gasteiger partial charge >= 0.3 is 18.0 Å². The van der Waals surface area contributed by atoms with E-state index in [1.54, 1.807) is 50.2 Å². The molecule has 1 fully saturated rings. The lowest BCUT2D eigenvalue weighted by atomic mass is 9.95. The van der Waals surface area contributed by atoms with Gasteiger partial charge in [0.1, 0.15) is 24.2 Å². The average molecular weight is 752 g/mol. The van der Waals surface area contributed by atoms with Gasteiger partial charge in [-0.15, -0.1) is 0 Å². The molecule has 54 heavy (non-hydrogen) atoms. The van der Waals surface area contributed by atoms with Crippen LogP contribution in [0.5, 0.6) is 0 Å². The molecule has 0 radical (unpaired) electrons. The molecule has 3 rings (SSSR count). The monoisotopic (exact) mass is 751 g/mol. The number of hydrogen-bond donors (Lipinski definition) is 7. The zero-order valence-corrected chi connectivity index (χ0v) is 30.8. The molecule has 2 aromatic carbocycles. The summed E-state index contributed by atoms with van der Waals surface area (Å²) in [5, 5.41) is 29.2. The molecule has 1 heterocycles. The van der Waals surface area contributed by atoms with Gasteiger partial charge in [0.25, 0.3) is 0 Å². The number of carbonyl (C=O) groups is 8. The first-order valence-electron chi connectivity index (χ1n) is 17.6. The highest BCUT2D eigenvalue weighted by atomic mass is 16.4. The van der Waals surface area contributed by atoms with Crippen molar-refractivity contribution >= 4 is 58.9 Å². The van der Waals surface area contributed by atoms with Crippen molar-refractivity contribution < 1.29 is 48.6 Å². The number of carbonyl (C=O) groups excluding carboxylic acids is 6. The third-order valence-corrected chi connectivity index (χ3v) is 9.36. The normalized spacial score (nSPS) is 15.9. The minimum Gasteiger partial charge on any atom is -0.481 e. The molecule has 0 aliphatic carbocycles.